The van der Waals surface area contributed by atoms with Gasteiger partial charge in [-0.3, -0.25) is 4.79 Å². The predicted octanol–water partition coefficient (Wildman–Crippen LogP) is 1.75. The third-order valence-electron chi connectivity index (χ3n) is 3.44. The van der Waals surface area contributed by atoms with Gasteiger partial charge in [0.05, 0.1) is 12.1 Å². The lowest BCUT2D eigenvalue weighted by Crippen LogP contribution is -2.47. The molecule has 0 saturated heterocycles. The van der Waals surface area contributed by atoms with E-state index in [4.69, 9.17) is 4.52 Å². The van der Waals surface area contributed by atoms with Gasteiger partial charge in [0.15, 0.2) is 5.78 Å². The quantitative estimate of drug-likeness (QED) is 0.827. The minimum atomic E-state index is -3.69. The van der Waals surface area contributed by atoms with Crippen molar-refractivity contribution in [1.82, 2.24) is 9.46 Å². The standard InChI is InChI=1S/C14H24N2O4S/c1-13(2,3)12-9-10(15-20-12)8-11(17)14(4,5)21(18,19)16(6)7/h9H,8H2,1-7H3. The molecule has 0 aliphatic heterocycles. The SMILES string of the molecule is CN(C)S(=O)(=O)C(C)(C)C(=O)Cc1cc(C(C)(C)C)on1. The van der Waals surface area contributed by atoms with E-state index in [1.165, 1.54) is 27.9 Å². The first-order valence-electron chi connectivity index (χ1n) is 6.71. The van der Waals surface area contributed by atoms with Gasteiger partial charge >= 0.3 is 0 Å². The summed E-state index contributed by atoms with van der Waals surface area (Å²) in [5, 5.41) is 3.86. The van der Waals surface area contributed by atoms with E-state index in [-0.39, 0.29) is 11.8 Å². The van der Waals surface area contributed by atoms with E-state index in [9.17, 15) is 13.2 Å². The van der Waals surface area contributed by atoms with Crippen molar-refractivity contribution in [2.45, 2.75) is 51.2 Å². The lowest BCUT2D eigenvalue weighted by molar-refractivity contribution is -0.120. The summed E-state index contributed by atoms with van der Waals surface area (Å²) in [6.07, 6.45) is -0.0698. The van der Waals surface area contributed by atoms with E-state index in [0.717, 1.165) is 4.31 Å². The molecule has 0 aliphatic rings. The number of hydrogen-bond acceptors (Lipinski definition) is 5. The van der Waals surface area contributed by atoms with Crippen LogP contribution in [0.5, 0.6) is 0 Å². The van der Waals surface area contributed by atoms with Gasteiger partial charge in [0.1, 0.15) is 10.5 Å². The number of carbonyl (C=O) groups excluding carboxylic acids is 1. The maximum absolute atomic E-state index is 12.4. The summed E-state index contributed by atoms with van der Waals surface area (Å²) in [6.45, 7) is 8.74. The number of hydrogen-bond donors (Lipinski definition) is 0. The molecule has 120 valence electrons. The van der Waals surface area contributed by atoms with E-state index < -0.39 is 20.6 Å². The van der Waals surface area contributed by atoms with Gasteiger partial charge in [0.2, 0.25) is 10.0 Å². The number of Topliss-reactive ketones (excluding diaryl/α,β-unsaturated/α-hetero) is 1. The predicted molar refractivity (Wildman–Crippen MR) is 80.6 cm³/mol. The molecular formula is C14H24N2O4S. The van der Waals surface area contributed by atoms with Crippen molar-refractivity contribution in [3.8, 4) is 0 Å². The average molecular weight is 316 g/mol. The van der Waals surface area contributed by atoms with Gasteiger partial charge in [-0.1, -0.05) is 25.9 Å². The number of sulfonamides is 1. The molecule has 7 heteroatoms. The molecule has 0 unspecified atom stereocenters. The number of aromatic nitrogens is 1. The Balaban J connectivity index is 2.99. The van der Waals surface area contributed by atoms with E-state index >= 15 is 0 Å². The highest BCUT2D eigenvalue weighted by molar-refractivity contribution is 7.91. The van der Waals surface area contributed by atoms with Crippen molar-refractivity contribution in [1.29, 1.82) is 0 Å². The van der Waals surface area contributed by atoms with Crippen molar-refractivity contribution < 1.29 is 17.7 Å². The topological polar surface area (TPSA) is 80.5 Å². The van der Waals surface area contributed by atoms with Gasteiger partial charge in [-0.2, -0.15) is 0 Å². The second-order valence-electron chi connectivity index (χ2n) is 6.83. The van der Waals surface area contributed by atoms with E-state index in [1.807, 2.05) is 20.8 Å². The third-order valence-corrected chi connectivity index (χ3v) is 5.92. The fourth-order valence-corrected chi connectivity index (χ4v) is 3.00. The molecule has 0 fully saturated rings. The molecule has 0 N–H and O–H groups in total. The van der Waals surface area contributed by atoms with Crippen molar-refractivity contribution in [2.24, 2.45) is 0 Å². The van der Waals surface area contributed by atoms with Crippen LogP contribution >= 0.6 is 0 Å². The van der Waals surface area contributed by atoms with Gasteiger partial charge < -0.3 is 4.52 Å². The van der Waals surface area contributed by atoms with Gasteiger partial charge in [-0.05, 0) is 13.8 Å². The van der Waals surface area contributed by atoms with Crippen LogP contribution in [-0.4, -0.2) is 42.5 Å². The van der Waals surface area contributed by atoms with Crippen LogP contribution in [0.4, 0.5) is 0 Å². The number of carbonyl (C=O) groups is 1. The first-order valence-corrected chi connectivity index (χ1v) is 8.15. The van der Waals surface area contributed by atoms with Crippen molar-refractivity contribution in [3.63, 3.8) is 0 Å². The number of nitrogens with zero attached hydrogens (tertiary/aromatic N) is 2. The molecule has 1 aromatic heterocycles. The smallest absolute Gasteiger partial charge is 0.225 e. The van der Waals surface area contributed by atoms with Gasteiger partial charge in [-0.25, -0.2) is 12.7 Å². The Morgan fingerprint density at radius 3 is 2.14 bits per heavy atom. The minimum Gasteiger partial charge on any atom is -0.361 e. The summed E-state index contributed by atoms with van der Waals surface area (Å²) >= 11 is 0. The van der Waals surface area contributed by atoms with Crippen LogP contribution in [-0.2, 0) is 26.7 Å². The second-order valence-corrected chi connectivity index (χ2v) is 9.53. The Labute approximate surface area is 126 Å². The third kappa shape index (κ3) is 3.52. The highest BCUT2D eigenvalue weighted by Crippen LogP contribution is 2.25. The molecule has 0 spiro atoms. The molecule has 0 saturated carbocycles. The monoisotopic (exact) mass is 316 g/mol. The van der Waals surface area contributed by atoms with Gasteiger partial charge in [-0.15, -0.1) is 0 Å². The molecule has 1 rings (SSSR count). The fourth-order valence-electron chi connectivity index (χ4n) is 1.73. The first-order chi connectivity index (χ1) is 9.30. The van der Waals surface area contributed by atoms with Crippen LogP contribution < -0.4 is 0 Å². The molecule has 0 aliphatic carbocycles. The molecule has 1 heterocycles. The summed E-state index contributed by atoms with van der Waals surface area (Å²) in [7, 11) is -0.862. The van der Waals surface area contributed by atoms with Crippen LogP contribution in [0.3, 0.4) is 0 Å². The maximum Gasteiger partial charge on any atom is 0.225 e. The highest BCUT2D eigenvalue weighted by Gasteiger charge is 2.43. The zero-order chi connectivity index (χ0) is 16.6. The molecular weight excluding hydrogens is 292 g/mol. The Morgan fingerprint density at radius 1 is 1.24 bits per heavy atom. The van der Waals surface area contributed by atoms with Crippen LogP contribution in [0.2, 0.25) is 0 Å². The first kappa shape index (κ1) is 17.8. The largest absolute Gasteiger partial charge is 0.361 e. The van der Waals surface area contributed by atoms with E-state index in [1.54, 1.807) is 6.07 Å². The van der Waals surface area contributed by atoms with Gasteiger partial charge in [0, 0.05) is 25.6 Å². The summed E-state index contributed by atoms with van der Waals surface area (Å²) in [6, 6.07) is 1.70. The fraction of sp³-hybridized carbons (Fsp3) is 0.714. The van der Waals surface area contributed by atoms with Gasteiger partial charge in [0.25, 0.3) is 0 Å². The molecule has 0 atom stereocenters. The van der Waals surface area contributed by atoms with Crippen LogP contribution in [0.25, 0.3) is 0 Å². The molecule has 0 bridgehead atoms. The van der Waals surface area contributed by atoms with E-state index in [0.29, 0.717) is 11.5 Å². The lowest BCUT2D eigenvalue weighted by atomic mass is 9.92. The van der Waals surface area contributed by atoms with E-state index in [2.05, 4.69) is 5.16 Å². The Morgan fingerprint density at radius 2 is 1.76 bits per heavy atom. The second kappa shape index (κ2) is 5.53. The molecule has 6 nitrogen and oxygen atoms in total. The number of ketones is 1. The van der Waals surface area contributed by atoms with Crippen molar-refractivity contribution in [3.05, 3.63) is 17.5 Å². The summed E-state index contributed by atoms with van der Waals surface area (Å²) < 4.78 is 29.2. The average Bonchev–Trinajstić information content (AvgIpc) is 2.76. The zero-order valence-electron chi connectivity index (χ0n) is 13.7. The number of rotatable bonds is 5. The van der Waals surface area contributed by atoms with Crippen molar-refractivity contribution in [2.75, 3.05) is 14.1 Å². The Kier molecular flexibility index (Phi) is 4.70. The zero-order valence-corrected chi connectivity index (χ0v) is 14.5. The maximum atomic E-state index is 12.4. The molecule has 1 aromatic rings. The Hall–Kier alpha value is -1.21. The molecule has 21 heavy (non-hydrogen) atoms. The summed E-state index contributed by atoms with van der Waals surface area (Å²) in [4.78, 5) is 12.4. The molecule has 0 radical (unpaired) electrons. The highest BCUT2D eigenvalue weighted by atomic mass is 32.2. The normalized spacial score (nSPS) is 13.7. The Bertz CT molecular complexity index is 622. The molecule has 0 aromatic carbocycles. The molecule has 0 amide bonds. The van der Waals surface area contributed by atoms with Crippen LogP contribution in [0, 0.1) is 0 Å². The van der Waals surface area contributed by atoms with Crippen LogP contribution in [0.1, 0.15) is 46.1 Å². The van der Waals surface area contributed by atoms with Crippen LogP contribution in [0.15, 0.2) is 10.6 Å². The minimum absolute atomic E-state index is 0.0698. The summed E-state index contributed by atoms with van der Waals surface area (Å²) in [5.41, 5.74) is 0.242. The van der Waals surface area contributed by atoms with Crippen molar-refractivity contribution >= 4 is 15.8 Å². The lowest BCUT2D eigenvalue weighted by Gasteiger charge is -2.26. The summed E-state index contributed by atoms with van der Waals surface area (Å²) in [5.74, 6) is 0.253.